The maximum absolute atomic E-state index is 15.1. The van der Waals surface area contributed by atoms with Crippen molar-refractivity contribution in [3.05, 3.63) is 156 Å². The molecule has 4 aromatic carbocycles. The number of nitrogens with one attached hydrogen (secondary N) is 1. The fourth-order valence-electron chi connectivity index (χ4n) is 8.11. The van der Waals surface area contributed by atoms with Crippen molar-refractivity contribution in [2.45, 2.75) is 96.2 Å². The summed E-state index contributed by atoms with van der Waals surface area (Å²) in [5.74, 6) is 5.23. The first kappa shape index (κ1) is 40.6. The smallest absolute Gasteiger partial charge is 0 e. The summed E-state index contributed by atoms with van der Waals surface area (Å²) in [4.78, 5) is 14.0. The maximum Gasteiger partial charge on any atom is 0 e. The molecule has 1 N–H and O–H groups in total. The van der Waals surface area contributed by atoms with Crippen molar-refractivity contribution in [3.8, 4) is 33.8 Å². The van der Waals surface area contributed by atoms with Gasteiger partial charge in [0.2, 0.25) is 5.71 Å². The fraction of sp³-hybridized carbons (Fsp3) is 0.304. The van der Waals surface area contributed by atoms with Crippen LogP contribution in [-0.4, -0.2) is 28.2 Å². The van der Waals surface area contributed by atoms with Crippen LogP contribution < -0.4 is 9.71 Å². The predicted octanol–water partition coefficient (Wildman–Crippen LogP) is 14.9. The standard InChI is InChI=1S/C31H28FN2O.C25H31GeN2.Ir/c1-19(2)25-18-33-28(17-22(25)16-20-8-6-7-9-20)23-12-14-26(32)29-24-13-15-27(21-10-4-3-5-11-21)34-31(24)35-30(23)29;1-25(2,3)17-20-16-24(27-18-23(20)26(4,5)6)19-11-10-14-22(15-19)28-21-12-8-7-9-13-21;/h3-5,10-11,13-15,17-20H,6-9,16H2,1-2H3;7-10,12-16,18,28H,17H2,1-6H3;/q2*-1;/i16D2,19D;17D2;. The summed E-state index contributed by atoms with van der Waals surface area (Å²) in [6.45, 7) is 9.37. The van der Waals surface area contributed by atoms with Crippen LogP contribution in [0.4, 0.5) is 15.8 Å². The van der Waals surface area contributed by atoms with Crippen molar-refractivity contribution in [2.75, 3.05) is 5.32 Å². The van der Waals surface area contributed by atoms with E-state index in [0.29, 0.717) is 38.9 Å². The van der Waals surface area contributed by atoms with Gasteiger partial charge in [-0.3, -0.25) is 4.39 Å². The number of hydrogen-bond acceptors (Lipinski definition) is 5. The molecular weight excluding hydrogens is 1030 g/mol. The summed E-state index contributed by atoms with van der Waals surface area (Å²) in [5, 5.41) is 4.26. The number of anilines is 2. The largest absolute Gasteiger partial charge is 0 e. The number of furan rings is 1. The molecule has 0 saturated heterocycles. The van der Waals surface area contributed by atoms with Gasteiger partial charge in [-0.2, -0.15) is 0 Å². The number of halogens is 1. The molecule has 4 heterocycles. The van der Waals surface area contributed by atoms with Gasteiger partial charge in [-0.15, -0.1) is 12.1 Å². The van der Waals surface area contributed by atoms with E-state index in [4.69, 9.17) is 16.3 Å². The van der Waals surface area contributed by atoms with E-state index in [-0.39, 0.29) is 31.6 Å². The molecule has 0 atom stereocenters. The van der Waals surface area contributed by atoms with Gasteiger partial charge in [0.25, 0.3) is 0 Å². The number of aromatic nitrogens is 3. The molecule has 0 spiro atoms. The average Bonchev–Trinajstić information content (AvgIpc) is 3.99. The minimum atomic E-state index is -2.33. The van der Waals surface area contributed by atoms with Crippen LogP contribution in [0.5, 0.6) is 0 Å². The van der Waals surface area contributed by atoms with Gasteiger partial charge in [-0.25, -0.2) is 4.98 Å². The van der Waals surface area contributed by atoms with E-state index in [2.05, 4.69) is 44.7 Å². The summed E-state index contributed by atoms with van der Waals surface area (Å²) < 4.78 is 67.1. The Labute approximate surface area is 402 Å². The Balaban J connectivity index is 0.000000207. The Morgan fingerprint density at radius 3 is 2.22 bits per heavy atom. The number of rotatable bonds is 10. The fourth-order valence-corrected chi connectivity index (χ4v) is 11.0. The molecule has 1 saturated carbocycles. The van der Waals surface area contributed by atoms with Crippen molar-refractivity contribution < 1.29 is 35.8 Å². The molecule has 4 aromatic heterocycles. The Kier molecular flexibility index (Phi) is 12.7. The van der Waals surface area contributed by atoms with E-state index in [1.807, 2.05) is 124 Å². The van der Waals surface area contributed by atoms with Crippen LogP contribution in [-0.2, 0) is 32.9 Å². The molecule has 0 amide bonds. The third kappa shape index (κ3) is 11.1. The quantitative estimate of drug-likeness (QED) is 0.109. The number of para-hydroxylation sites is 1. The Morgan fingerprint density at radius 1 is 0.844 bits per heavy atom. The molecule has 8 aromatic rings. The van der Waals surface area contributed by atoms with Crippen LogP contribution in [0, 0.1) is 29.3 Å². The van der Waals surface area contributed by atoms with E-state index in [0.717, 1.165) is 69.5 Å². The van der Waals surface area contributed by atoms with Gasteiger partial charge in [0.15, 0.2) is 0 Å². The monoisotopic (exact) mass is 1090 g/mol. The molecule has 1 aliphatic carbocycles. The van der Waals surface area contributed by atoms with Gasteiger partial charge < -0.3 is 9.40 Å². The number of benzene rings is 4. The van der Waals surface area contributed by atoms with E-state index in [1.54, 1.807) is 26.1 Å². The normalized spacial score (nSPS) is 15.0. The molecule has 1 aliphatic rings. The first-order valence-electron chi connectivity index (χ1n) is 24.4. The van der Waals surface area contributed by atoms with Crippen LogP contribution in [0.1, 0.15) is 89.7 Å². The van der Waals surface area contributed by atoms with Gasteiger partial charge in [-0.1, -0.05) is 81.5 Å². The third-order valence-electron chi connectivity index (χ3n) is 11.2. The number of nitrogens with zero attached hydrogens (tertiary/aromatic N) is 3. The van der Waals surface area contributed by atoms with Crippen LogP contribution in [0.3, 0.4) is 0 Å². The molecule has 5 nitrogen and oxygen atoms in total. The average molecular weight is 1090 g/mol. The van der Waals surface area contributed by atoms with Crippen molar-refractivity contribution in [2.24, 2.45) is 11.3 Å². The van der Waals surface area contributed by atoms with Crippen molar-refractivity contribution in [3.63, 3.8) is 0 Å². The van der Waals surface area contributed by atoms with Gasteiger partial charge >= 0.3 is 176 Å². The van der Waals surface area contributed by atoms with E-state index < -0.39 is 43.1 Å². The summed E-state index contributed by atoms with van der Waals surface area (Å²) in [6.07, 6.45) is 4.06. The molecule has 0 unspecified atom stereocenters. The Bertz CT molecular complexity index is 3090. The zero-order chi connectivity index (χ0) is 48.8. The minimum absolute atomic E-state index is 0. The summed E-state index contributed by atoms with van der Waals surface area (Å²) in [5.41, 5.74) is 7.96. The molecule has 64 heavy (non-hydrogen) atoms. The van der Waals surface area contributed by atoms with Crippen LogP contribution >= 0.6 is 0 Å². The molecule has 1 fully saturated rings. The number of fused-ring (bicyclic) bond motifs is 3. The molecule has 331 valence electrons. The van der Waals surface area contributed by atoms with Crippen LogP contribution in [0.25, 0.3) is 55.8 Å². The van der Waals surface area contributed by atoms with E-state index in [1.165, 1.54) is 6.07 Å². The number of hydrogen-bond donors (Lipinski definition) is 1. The van der Waals surface area contributed by atoms with Gasteiger partial charge in [-0.05, 0) is 52.5 Å². The topological polar surface area (TPSA) is 63.8 Å². The SMILES string of the molecule is [2H]C(C)(C)c1cnc(-c2[c-]cc(F)c3c2oc2nc(-c4ccccc4)ccc23)cc1C([2H])([2H])C1CCCC1.[2H]C([2H])(c1cc(-c2[c-]ccc(Nc3ccccc3)c2)nc[c]1[Ge]([CH3])([CH3])[CH3])C(C)(C)C.[Ir]. The first-order chi connectivity index (χ1) is 32.0. The van der Waals surface area contributed by atoms with Crippen LogP contribution in [0.2, 0.25) is 17.3 Å². The molecule has 1 radical (unpaired) electrons. The van der Waals surface area contributed by atoms with E-state index in [9.17, 15) is 0 Å². The predicted molar refractivity (Wildman–Crippen MR) is 263 cm³/mol. The van der Waals surface area contributed by atoms with Crippen molar-refractivity contribution >= 4 is 51.1 Å². The summed E-state index contributed by atoms with van der Waals surface area (Å²) in [7, 11) is 0. The first-order valence-corrected chi connectivity index (χ1v) is 29.2. The van der Waals surface area contributed by atoms with Crippen molar-refractivity contribution in [1.29, 1.82) is 0 Å². The number of pyridine rings is 3. The van der Waals surface area contributed by atoms with Gasteiger partial charge in [0.1, 0.15) is 0 Å². The second-order valence-electron chi connectivity index (χ2n) is 18.7. The molecule has 0 aliphatic heterocycles. The third-order valence-corrected chi connectivity index (χ3v) is 15.4. The van der Waals surface area contributed by atoms with Gasteiger partial charge in [0, 0.05) is 47.2 Å². The summed E-state index contributed by atoms with van der Waals surface area (Å²) >= 11 is -2.33. The maximum atomic E-state index is 15.1. The zero-order valence-corrected chi connectivity index (χ0v) is 42.4. The van der Waals surface area contributed by atoms with Crippen molar-refractivity contribution in [1.82, 2.24) is 15.0 Å². The summed E-state index contributed by atoms with van der Waals surface area (Å²) in [6, 6.07) is 40.5. The Morgan fingerprint density at radius 2 is 1.53 bits per heavy atom. The zero-order valence-electron chi connectivity index (χ0n) is 42.9. The Hall–Kier alpha value is -4.95. The van der Waals surface area contributed by atoms with Gasteiger partial charge in [0.05, 0.1) is 11.3 Å². The second-order valence-corrected chi connectivity index (χ2v) is 29.3. The molecule has 0 bridgehead atoms. The second kappa shape index (κ2) is 20.1. The molecular formula is C56H59FGeIrN4O-2. The molecule has 8 heteroatoms. The van der Waals surface area contributed by atoms with Crippen LogP contribution in [0.15, 0.2) is 126 Å². The molecule has 9 rings (SSSR count). The van der Waals surface area contributed by atoms with E-state index >= 15 is 4.39 Å². The minimum Gasteiger partial charge on any atom is 0 e.